The molecule has 3 fully saturated rings. The summed E-state index contributed by atoms with van der Waals surface area (Å²) in [4.78, 5) is 17.2. The van der Waals surface area contributed by atoms with E-state index in [9.17, 15) is 4.79 Å². The second-order valence-electron chi connectivity index (χ2n) is 7.60. The maximum absolute atomic E-state index is 12.6. The quantitative estimate of drug-likeness (QED) is 0.873. The normalized spacial score (nSPS) is 25.2. The van der Waals surface area contributed by atoms with Crippen molar-refractivity contribution in [3.63, 3.8) is 0 Å². The summed E-state index contributed by atoms with van der Waals surface area (Å²) in [7, 11) is 0. The largest absolute Gasteiger partial charge is 0.374 e. The zero-order chi connectivity index (χ0) is 16.4. The molecule has 24 heavy (non-hydrogen) atoms. The molecule has 3 aliphatic rings. The van der Waals surface area contributed by atoms with E-state index in [2.05, 4.69) is 39.4 Å². The molecule has 0 bridgehead atoms. The maximum Gasteiger partial charge on any atom is 0.245 e. The van der Waals surface area contributed by atoms with Gasteiger partial charge in [0.15, 0.2) is 0 Å². The standard InChI is InChI=1S/C20H29N3O/c24-20-19(10-14-23(20)18-7-4-8-18)21-17-6-3-5-16(15-17)9-13-22-11-1-2-12-22/h3,5-6,15,18-19,21H,1-2,4,7-14H2. The molecule has 4 nitrogen and oxygen atoms in total. The van der Waals surface area contributed by atoms with Gasteiger partial charge in [-0.25, -0.2) is 0 Å². The molecule has 0 aromatic heterocycles. The van der Waals surface area contributed by atoms with Crippen LogP contribution >= 0.6 is 0 Å². The van der Waals surface area contributed by atoms with Crippen molar-refractivity contribution >= 4 is 11.6 Å². The van der Waals surface area contributed by atoms with E-state index in [4.69, 9.17) is 0 Å². The third kappa shape index (κ3) is 3.44. The minimum absolute atomic E-state index is 0.0283. The molecule has 1 saturated carbocycles. The van der Waals surface area contributed by atoms with E-state index in [1.807, 2.05) is 0 Å². The Morgan fingerprint density at radius 3 is 2.62 bits per heavy atom. The lowest BCUT2D eigenvalue weighted by molar-refractivity contribution is -0.131. The van der Waals surface area contributed by atoms with Gasteiger partial charge in [0, 0.05) is 24.8 Å². The van der Waals surface area contributed by atoms with E-state index in [0.717, 1.165) is 31.6 Å². The van der Waals surface area contributed by atoms with E-state index in [0.29, 0.717) is 11.9 Å². The zero-order valence-electron chi connectivity index (χ0n) is 14.5. The molecule has 1 amide bonds. The molecule has 1 aliphatic carbocycles. The van der Waals surface area contributed by atoms with Crippen molar-refractivity contribution in [2.75, 3.05) is 31.5 Å². The molecule has 1 N–H and O–H groups in total. The molecule has 2 heterocycles. The topological polar surface area (TPSA) is 35.6 Å². The number of likely N-dealkylation sites (tertiary alicyclic amines) is 2. The smallest absolute Gasteiger partial charge is 0.245 e. The molecule has 4 rings (SSSR count). The van der Waals surface area contributed by atoms with Gasteiger partial charge in [-0.2, -0.15) is 0 Å². The summed E-state index contributed by atoms with van der Waals surface area (Å²) < 4.78 is 0. The average molecular weight is 327 g/mol. The van der Waals surface area contributed by atoms with Gasteiger partial charge >= 0.3 is 0 Å². The van der Waals surface area contributed by atoms with E-state index in [1.165, 1.54) is 50.8 Å². The van der Waals surface area contributed by atoms with Gasteiger partial charge in [-0.1, -0.05) is 12.1 Å². The molecular weight excluding hydrogens is 298 g/mol. The highest BCUT2D eigenvalue weighted by atomic mass is 16.2. The number of anilines is 1. The average Bonchev–Trinajstić information content (AvgIpc) is 3.17. The van der Waals surface area contributed by atoms with Gasteiger partial charge in [0.05, 0.1) is 0 Å². The summed E-state index contributed by atoms with van der Waals surface area (Å²) in [5.41, 5.74) is 2.47. The van der Waals surface area contributed by atoms with Gasteiger partial charge in [-0.05, 0) is 75.7 Å². The Kier molecular flexibility index (Phi) is 4.74. The van der Waals surface area contributed by atoms with Crippen LogP contribution in [0.4, 0.5) is 5.69 Å². The third-order valence-corrected chi connectivity index (χ3v) is 5.94. The summed E-state index contributed by atoms with van der Waals surface area (Å²) in [5, 5.41) is 3.49. The van der Waals surface area contributed by atoms with Crippen LogP contribution in [0.3, 0.4) is 0 Å². The third-order valence-electron chi connectivity index (χ3n) is 5.94. The molecule has 2 aliphatic heterocycles. The number of nitrogens with one attached hydrogen (secondary N) is 1. The van der Waals surface area contributed by atoms with Gasteiger partial charge in [0.2, 0.25) is 5.91 Å². The minimum Gasteiger partial charge on any atom is -0.374 e. The lowest BCUT2D eigenvalue weighted by atomic mass is 9.92. The lowest BCUT2D eigenvalue weighted by Crippen LogP contribution is -2.43. The highest BCUT2D eigenvalue weighted by Gasteiger charge is 2.37. The van der Waals surface area contributed by atoms with Crippen molar-refractivity contribution in [3.05, 3.63) is 29.8 Å². The molecule has 1 aromatic rings. The van der Waals surface area contributed by atoms with Crippen LogP contribution in [0.2, 0.25) is 0 Å². The van der Waals surface area contributed by atoms with Crippen LogP contribution in [0, 0.1) is 0 Å². The molecule has 2 saturated heterocycles. The number of benzene rings is 1. The molecule has 1 atom stereocenters. The van der Waals surface area contributed by atoms with Gasteiger partial charge < -0.3 is 15.1 Å². The van der Waals surface area contributed by atoms with Gasteiger partial charge in [-0.15, -0.1) is 0 Å². The van der Waals surface area contributed by atoms with E-state index in [1.54, 1.807) is 0 Å². The molecule has 0 radical (unpaired) electrons. The van der Waals surface area contributed by atoms with Crippen LogP contribution in [0.1, 0.15) is 44.1 Å². The van der Waals surface area contributed by atoms with Gasteiger partial charge in [-0.3, -0.25) is 4.79 Å². The fourth-order valence-corrected chi connectivity index (χ4v) is 4.21. The molecule has 130 valence electrons. The summed E-state index contributed by atoms with van der Waals surface area (Å²) in [6.07, 6.45) is 8.42. The van der Waals surface area contributed by atoms with E-state index in [-0.39, 0.29) is 6.04 Å². The SMILES string of the molecule is O=C1C(Nc2cccc(CCN3CCCC3)c2)CCN1C1CCC1. The number of hydrogen-bond acceptors (Lipinski definition) is 3. The number of nitrogens with zero attached hydrogens (tertiary/aromatic N) is 2. The van der Waals surface area contributed by atoms with Crippen molar-refractivity contribution in [3.8, 4) is 0 Å². The second kappa shape index (κ2) is 7.14. The van der Waals surface area contributed by atoms with Crippen LogP contribution in [0.15, 0.2) is 24.3 Å². The molecule has 4 heteroatoms. The van der Waals surface area contributed by atoms with Crippen molar-refractivity contribution in [2.45, 2.75) is 57.0 Å². The van der Waals surface area contributed by atoms with Gasteiger partial charge in [0.25, 0.3) is 0 Å². The minimum atomic E-state index is -0.0283. The monoisotopic (exact) mass is 327 g/mol. The summed E-state index contributed by atoms with van der Waals surface area (Å²) in [6.45, 7) is 4.59. The van der Waals surface area contributed by atoms with Crippen LogP contribution in [-0.2, 0) is 11.2 Å². The highest BCUT2D eigenvalue weighted by molar-refractivity contribution is 5.87. The highest BCUT2D eigenvalue weighted by Crippen LogP contribution is 2.29. The Morgan fingerprint density at radius 1 is 1.04 bits per heavy atom. The van der Waals surface area contributed by atoms with Crippen molar-refractivity contribution in [2.24, 2.45) is 0 Å². The van der Waals surface area contributed by atoms with Crippen molar-refractivity contribution in [1.82, 2.24) is 9.80 Å². The number of amides is 1. The second-order valence-corrected chi connectivity index (χ2v) is 7.60. The summed E-state index contributed by atoms with van der Waals surface area (Å²) in [5.74, 6) is 0.308. The number of hydrogen-bond donors (Lipinski definition) is 1. The Hall–Kier alpha value is -1.55. The van der Waals surface area contributed by atoms with Crippen LogP contribution in [-0.4, -0.2) is 54.0 Å². The summed E-state index contributed by atoms with van der Waals surface area (Å²) in [6, 6.07) is 9.15. The fraction of sp³-hybridized carbons (Fsp3) is 0.650. The predicted octanol–water partition coefficient (Wildman–Crippen LogP) is 2.89. The molecular formula is C20H29N3O. The van der Waals surface area contributed by atoms with Crippen LogP contribution in [0.25, 0.3) is 0 Å². The first kappa shape index (κ1) is 15.9. The number of rotatable bonds is 6. The number of carbonyl (C=O) groups is 1. The van der Waals surface area contributed by atoms with E-state index < -0.39 is 0 Å². The Balaban J connectivity index is 1.32. The molecule has 0 spiro atoms. The first-order chi connectivity index (χ1) is 11.8. The lowest BCUT2D eigenvalue weighted by Gasteiger charge is -2.34. The summed E-state index contributed by atoms with van der Waals surface area (Å²) >= 11 is 0. The first-order valence-electron chi connectivity index (χ1n) is 9.68. The van der Waals surface area contributed by atoms with Crippen LogP contribution in [0.5, 0.6) is 0 Å². The number of carbonyl (C=O) groups excluding carboxylic acids is 1. The zero-order valence-corrected chi connectivity index (χ0v) is 14.5. The Bertz CT molecular complexity index is 578. The molecule has 1 unspecified atom stereocenters. The van der Waals surface area contributed by atoms with Gasteiger partial charge in [0.1, 0.15) is 6.04 Å². The van der Waals surface area contributed by atoms with Crippen molar-refractivity contribution in [1.29, 1.82) is 0 Å². The maximum atomic E-state index is 12.6. The van der Waals surface area contributed by atoms with Crippen molar-refractivity contribution < 1.29 is 4.79 Å². The molecule has 1 aromatic carbocycles. The van der Waals surface area contributed by atoms with E-state index >= 15 is 0 Å². The first-order valence-corrected chi connectivity index (χ1v) is 9.68. The fourth-order valence-electron chi connectivity index (χ4n) is 4.21. The predicted molar refractivity (Wildman–Crippen MR) is 97.2 cm³/mol. The Morgan fingerprint density at radius 2 is 1.88 bits per heavy atom. The van der Waals surface area contributed by atoms with Crippen LogP contribution < -0.4 is 5.32 Å². The Labute approximate surface area is 145 Å².